The van der Waals surface area contributed by atoms with Gasteiger partial charge in [-0.25, -0.2) is 0 Å². The minimum absolute atomic E-state index is 0.145. The first-order valence-electron chi connectivity index (χ1n) is 8.74. The second-order valence-electron chi connectivity index (χ2n) is 7.11. The largest absolute Gasteiger partial charge is 0.497 e. The number of carbonyl (C=O) groups excluding carboxylic acids is 1. The molecule has 2 bridgehead atoms. The summed E-state index contributed by atoms with van der Waals surface area (Å²) in [6, 6.07) is 7.92. The van der Waals surface area contributed by atoms with Gasteiger partial charge in [0.1, 0.15) is 12.3 Å². The summed E-state index contributed by atoms with van der Waals surface area (Å²) >= 11 is 0. The van der Waals surface area contributed by atoms with Crippen molar-refractivity contribution in [2.45, 2.75) is 31.9 Å². The van der Waals surface area contributed by atoms with Gasteiger partial charge in [-0.05, 0) is 37.1 Å². The van der Waals surface area contributed by atoms with Crippen molar-refractivity contribution in [3.63, 3.8) is 0 Å². The quantitative estimate of drug-likeness (QED) is 0.940. The van der Waals surface area contributed by atoms with Crippen LogP contribution in [0.5, 0.6) is 5.75 Å². The second-order valence-corrected chi connectivity index (χ2v) is 7.11. The Kier molecular flexibility index (Phi) is 3.96. The fraction of sp³-hybridized carbons (Fsp3) is 0.526. The van der Waals surface area contributed by atoms with E-state index in [9.17, 15) is 9.90 Å². The molecule has 5 nitrogen and oxygen atoms in total. The van der Waals surface area contributed by atoms with Crippen LogP contribution in [0.3, 0.4) is 0 Å². The Labute approximate surface area is 141 Å². The first kappa shape index (κ1) is 15.5. The SMILES string of the molecule is COc1ccc2c(ccn2CC(=O)N2CC3CCCC(C2)C3O)c1. The lowest BCUT2D eigenvalue weighted by atomic mass is 9.75. The molecule has 128 valence electrons. The van der Waals surface area contributed by atoms with Crippen LogP contribution in [0.2, 0.25) is 0 Å². The standard InChI is InChI=1S/C19H24N2O3/c1-24-16-5-6-17-13(9-16)7-8-20(17)12-18(22)21-10-14-3-2-4-15(11-21)19(14)23/h5-9,14-15,19,23H,2-4,10-12H2,1H3. The molecule has 2 heterocycles. The average Bonchev–Trinajstić information content (AvgIpc) is 2.96. The number of methoxy groups -OCH3 is 1. The highest BCUT2D eigenvalue weighted by molar-refractivity contribution is 5.84. The van der Waals surface area contributed by atoms with Crippen LogP contribution in [0.1, 0.15) is 19.3 Å². The average molecular weight is 328 g/mol. The van der Waals surface area contributed by atoms with E-state index in [4.69, 9.17) is 4.74 Å². The van der Waals surface area contributed by atoms with E-state index in [0.29, 0.717) is 19.6 Å². The number of hydrogen-bond acceptors (Lipinski definition) is 3. The maximum Gasteiger partial charge on any atom is 0.242 e. The lowest BCUT2D eigenvalue weighted by Gasteiger charge is -2.45. The number of hydrogen-bond donors (Lipinski definition) is 1. The van der Waals surface area contributed by atoms with Gasteiger partial charge in [0.2, 0.25) is 5.91 Å². The number of piperidine rings is 1. The van der Waals surface area contributed by atoms with Crippen molar-refractivity contribution in [3.8, 4) is 5.75 Å². The molecule has 1 aromatic heterocycles. The number of fused-ring (bicyclic) bond motifs is 3. The van der Waals surface area contributed by atoms with E-state index in [-0.39, 0.29) is 23.8 Å². The number of aliphatic hydroxyl groups excluding tert-OH is 1. The molecule has 2 fully saturated rings. The van der Waals surface area contributed by atoms with Gasteiger partial charge in [-0.1, -0.05) is 6.42 Å². The molecule has 5 heteroatoms. The molecule has 0 spiro atoms. The normalized spacial score (nSPS) is 26.6. The van der Waals surface area contributed by atoms with Gasteiger partial charge < -0.3 is 19.3 Å². The van der Waals surface area contributed by atoms with Crippen molar-refractivity contribution < 1.29 is 14.6 Å². The Bertz CT molecular complexity index is 740. The predicted octanol–water partition coefficient (Wildman–Crippen LogP) is 2.27. The molecule has 1 aromatic carbocycles. The fourth-order valence-electron chi connectivity index (χ4n) is 4.30. The van der Waals surface area contributed by atoms with Gasteiger partial charge in [0.05, 0.1) is 13.2 Å². The monoisotopic (exact) mass is 328 g/mol. The summed E-state index contributed by atoms with van der Waals surface area (Å²) in [7, 11) is 1.66. The van der Waals surface area contributed by atoms with Crippen LogP contribution < -0.4 is 4.74 Å². The van der Waals surface area contributed by atoms with Crippen molar-refractivity contribution in [1.29, 1.82) is 0 Å². The van der Waals surface area contributed by atoms with Crippen LogP contribution in [-0.4, -0.2) is 46.8 Å². The van der Waals surface area contributed by atoms with Gasteiger partial charge in [0.15, 0.2) is 0 Å². The molecule has 1 aliphatic carbocycles. The summed E-state index contributed by atoms with van der Waals surface area (Å²) in [6.45, 7) is 1.75. The van der Waals surface area contributed by atoms with Crippen LogP contribution in [0.4, 0.5) is 0 Å². The maximum atomic E-state index is 12.8. The number of rotatable bonds is 3. The van der Waals surface area contributed by atoms with Gasteiger partial charge in [-0.2, -0.15) is 0 Å². The summed E-state index contributed by atoms with van der Waals surface area (Å²) in [4.78, 5) is 14.7. The zero-order chi connectivity index (χ0) is 16.7. The zero-order valence-electron chi connectivity index (χ0n) is 14.0. The maximum absolute atomic E-state index is 12.8. The number of likely N-dealkylation sites (tertiary alicyclic amines) is 1. The van der Waals surface area contributed by atoms with Crippen LogP contribution >= 0.6 is 0 Å². The van der Waals surface area contributed by atoms with Gasteiger partial charge in [-0.3, -0.25) is 4.79 Å². The molecule has 1 saturated heterocycles. The Morgan fingerprint density at radius 3 is 2.71 bits per heavy atom. The van der Waals surface area contributed by atoms with E-state index < -0.39 is 0 Å². The summed E-state index contributed by atoms with van der Waals surface area (Å²) in [5.41, 5.74) is 1.04. The van der Waals surface area contributed by atoms with Crippen molar-refractivity contribution in [3.05, 3.63) is 30.5 Å². The molecule has 0 radical (unpaired) electrons. The van der Waals surface area contributed by atoms with Crippen molar-refractivity contribution in [1.82, 2.24) is 9.47 Å². The Morgan fingerprint density at radius 1 is 1.25 bits per heavy atom. The number of benzene rings is 1. The smallest absolute Gasteiger partial charge is 0.242 e. The summed E-state index contributed by atoms with van der Waals surface area (Å²) in [6.07, 6.45) is 4.99. The van der Waals surface area contributed by atoms with E-state index in [1.165, 1.54) is 6.42 Å². The van der Waals surface area contributed by atoms with Gasteiger partial charge in [-0.15, -0.1) is 0 Å². The molecule has 24 heavy (non-hydrogen) atoms. The number of aliphatic hydroxyl groups is 1. The third kappa shape index (κ3) is 2.67. The Hall–Kier alpha value is -2.01. The molecule has 1 amide bonds. The van der Waals surface area contributed by atoms with Crippen molar-refractivity contribution in [2.75, 3.05) is 20.2 Å². The summed E-state index contributed by atoms with van der Waals surface area (Å²) in [5.74, 6) is 1.48. The Balaban J connectivity index is 1.50. The highest BCUT2D eigenvalue weighted by atomic mass is 16.5. The highest BCUT2D eigenvalue weighted by Crippen LogP contribution is 2.35. The van der Waals surface area contributed by atoms with Crippen LogP contribution in [0, 0.1) is 11.8 Å². The topological polar surface area (TPSA) is 54.7 Å². The predicted molar refractivity (Wildman–Crippen MR) is 91.9 cm³/mol. The van der Waals surface area contributed by atoms with E-state index in [1.54, 1.807) is 7.11 Å². The number of amides is 1. The van der Waals surface area contributed by atoms with Crippen LogP contribution in [0.25, 0.3) is 10.9 Å². The molecule has 4 rings (SSSR count). The first-order chi connectivity index (χ1) is 11.7. The minimum atomic E-state index is -0.220. The van der Waals surface area contributed by atoms with Crippen LogP contribution in [0.15, 0.2) is 30.5 Å². The first-order valence-corrected chi connectivity index (χ1v) is 8.74. The zero-order valence-corrected chi connectivity index (χ0v) is 14.0. The molecule has 2 unspecified atom stereocenters. The van der Waals surface area contributed by atoms with E-state index in [1.807, 2.05) is 39.9 Å². The van der Waals surface area contributed by atoms with Crippen LogP contribution in [-0.2, 0) is 11.3 Å². The van der Waals surface area contributed by atoms with Crippen molar-refractivity contribution in [2.24, 2.45) is 11.8 Å². The number of aromatic nitrogens is 1. The molecular weight excluding hydrogens is 304 g/mol. The lowest BCUT2D eigenvalue weighted by Crippen LogP contribution is -2.53. The molecule has 2 aromatic rings. The second kappa shape index (κ2) is 6.13. The number of carbonyl (C=O) groups is 1. The molecule has 1 N–H and O–H groups in total. The minimum Gasteiger partial charge on any atom is -0.497 e. The van der Waals surface area contributed by atoms with E-state index in [2.05, 4.69) is 0 Å². The highest BCUT2D eigenvalue weighted by Gasteiger charge is 2.39. The molecular formula is C19H24N2O3. The Morgan fingerprint density at radius 2 is 2.00 bits per heavy atom. The number of ether oxygens (including phenoxy) is 1. The fourth-order valence-corrected chi connectivity index (χ4v) is 4.30. The molecule has 1 aliphatic heterocycles. The van der Waals surface area contributed by atoms with Crippen molar-refractivity contribution >= 4 is 16.8 Å². The van der Waals surface area contributed by atoms with Gasteiger partial charge in [0.25, 0.3) is 0 Å². The summed E-state index contributed by atoms with van der Waals surface area (Å²) < 4.78 is 7.25. The molecule has 2 atom stereocenters. The van der Waals surface area contributed by atoms with E-state index >= 15 is 0 Å². The van der Waals surface area contributed by atoms with E-state index in [0.717, 1.165) is 29.5 Å². The molecule has 2 aliphatic rings. The summed E-state index contributed by atoms with van der Waals surface area (Å²) in [5, 5.41) is 11.4. The molecule has 1 saturated carbocycles. The third-order valence-corrected chi connectivity index (χ3v) is 5.66. The van der Waals surface area contributed by atoms with Gasteiger partial charge in [0, 0.05) is 42.0 Å². The number of nitrogens with zero attached hydrogens (tertiary/aromatic N) is 2. The van der Waals surface area contributed by atoms with Gasteiger partial charge >= 0.3 is 0 Å². The third-order valence-electron chi connectivity index (χ3n) is 5.66. The lowest BCUT2D eigenvalue weighted by molar-refractivity contribution is -0.140.